The van der Waals surface area contributed by atoms with E-state index < -0.39 is 0 Å². The van der Waals surface area contributed by atoms with Gasteiger partial charge in [-0.05, 0) is 37.3 Å². The van der Waals surface area contributed by atoms with E-state index in [0.717, 1.165) is 24.6 Å². The molecule has 4 nitrogen and oxygen atoms in total. The third-order valence-corrected chi connectivity index (χ3v) is 3.80. The molecule has 0 bridgehead atoms. The second kappa shape index (κ2) is 5.72. The van der Waals surface area contributed by atoms with Gasteiger partial charge in [-0.25, -0.2) is 0 Å². The molecule has 1 saturated carbocycles. The Morgan fingerprint density at radius 3 is 2.74 bits per heavy atom. The topological polar surface area (TPSA) is 50.4 Å². The van der Waals surface area contributed by atoms with Crippen molar-refractivity contribution in [1.29, 1.82) is 0 Å². The van der Waals surface area contributed by atoms with Gasteiger partial charge in [0.1, 0.15) is 0 Å². The van der Waals surface area contributed by atoms with Gasteiger partial charge in [-0.1, -0.05) is 18.2 Å². The molecule has 1 aliphatic carbocycles. The lowest BCUT2D eigenvalue weighted by Crippen LogP contribution is -2.41. The highest BCUT2D eigenvalue weighted by Gasteiger charge is 2.40. The molecule has 2 aliphatic rings. The van der Waals surface area contributed by atoms with E-state index in [-0.39, 0.29) is 5.91 Å². The number of benzene rings is 1. The Balaban J connectivity index is 1.45. The average Bonchev–Trinajstić information content (AvgIpc) is 3.16. The van der Waals surface area contributed by atoms with Crippen LogP contribution < -0.4 is 10.6 Å². The lowest BCUT2D eigenvalue weighted by molar-refractivity contribution is -0.115. The van der Waals surface area contributed by atoms with Crippen molar-refractivity contribution >= 4 is 11.6 Å². The Bertz CT molecular complexity index is 431. The van der Waals surface area contributed by atoms with Crippen LogP contribution in [0.1, 0.15) is 19.3 Å². The molecular formula is C15H20N2O2. The van der Waals surface area contributed by atoms with Crippen molar-refractivity contribution in [3.63, 3.8) is 0 Å². The fraction of sp³-hybridized carbons (Fsp3) is 0.533. The SMILES string of the molecule is O=C(CNC1CCOC1C1CC1)Nc1ccccc1. The van der Waals surface area contributed by atoms with Gasteiger partial charge >= 0.3 is 0 Å². The number of anilines is 1. The summed E-state index contributed by atoms with van der Waals surface area (Å²) in [6.07, 6.45) is 3.89. The molecule has 1 amide bonds. The van der Waals surface area contributed by atoms with Crippen molar-refractivity contribution in [3.8, 4) is 0 Å². The molecule has 19 heavy (non-hydrogen) atoms. The molecule has 1 heterocycles. The third kappa shape index (κ3) is 3.33. The molecule has 1 aliphatic heterocycles. The number of hydrogen-bond donors (Lipinski definition) is 2. The maximum absolute atomic E-state index is 11.8. The number of nitrogens with one attached hydrogen (secondary N) is 2. The van der Waals surface area contributed by atoms with E-state index >= 15 is 0 Å². The first-order valence-corrected chi connectivity index (χ1v) is 7.03. The zero-order chi connectivity index (χ0) is 13.1. The molecule has 1 aromatic rings. The van der Waals surface area contributed by atoms with E-state index in [1.165, 1.54) is 12.8 Å². The number of carbonyl (C=O) groups excluding carboxylic acids is 1. The Morgan fingerprint density at radius 2 is 2.00 bits per heavy atom. The summed E-state index contributed by atoms with van der Waals surface area (Å²) in [5.74, 6) is 0.727. The summed E-state index contributed by atoms with van der Waals surface area (Å²) in [5.41, 5.74) is 0.843. The fourth-order valence-corrected chi connectivity index (χ4v) is 2.67. The number of hydrogen-bond acceptors (Lipinski definition) is 3. The van der Waals surface area contributed by atoms with E-state index in [0.29, 0.717) is 18.7 Å². The van der Waals surface area contributed by atoms with E-state index in [1.807, 2.05) is 30.3 Å². The van der Waals surface area contributed by atoms with E-state index in [4.69, 9.17) is 4.74 Å². The molecule has 1 saturated heterocycles. The maximum Gasteiger partial charge on any atom is 0.238 e. The predicted molar refractivity (Wildman–Crippen MR) is 73.9 cm³/mol. The molecule has 0 radical (unpaired) electrons. The first-order chi connectivity index (χ1) is 9.33. The van der Waals surface area contributed by atoms with Gasteiger partial charge in [0.05, 0.1) is 12.6 Å². The van der Waals surface area contributed by atoms with Crippen molar-refractivity contribution in [2.24, 2.45) is 5.92 Å². The average molecular weight is 260 g/mol. The van der Waals surface area contributed by atoms with Gasteiger partial charge < -0.3 is 15.4 Å². The number of para-hydroxylation sites is 1. The van der Waals surface area contributed by atoms with Gasteiger partial charge in [0, 0.05) is 18.3 Å². The van der Waals surface area contributed by atoms with E-state index in [1.54, 1.807) is 0 Å². The lowest BCUT2D eigenvalue weighted by atomic mass is 10.1. The summed E-state index contributed by atoms with van der Waals surface area (Å²) < 4.78 is 5.75. The van der Waals surface area contributed by atoms with Crippen molar-refractivity contribution in [2.75, 3.05) is 18.5 Å². The first kappa shape index (κ1) is 12.6. The molecule has 4 heteroatoms. The zero-order valence-electron chi connectivity index (χ0n) is 11.0. The maximum atomic E-state index is 11.8. The molecule has 0 spiro atoms. The standard InChI is InChI=1S/C15H20N2O2/c18-14(17-12-4-2-1-3-5-12)10-16-13-8-9-19-15(13)11-6-7-11/h1-5,11,13,15-16H,6-10H2,(H,17,18). The predicted octanol–water partition coefficient (Wildman–Crippen LogP) is 1.78. The first-order valence-electron chi connectivity index (χ1n) is 7.03. The van der Waals surface area contributed by atoms with Crippen molar-refractivity contribution in [1.82, 2.24) is 5.32 Å². The Morgan fingerprint density at radius 1 is 1.21 bits per heavy atom. The summed E-state index contributed by atoms with van der Waals surface area (Å²) in [6, 6.07) is 9.89. The molecule has 0 aromatic heterocycles. The van der Waals surface area contributed by atoms with Crippen molar-refractivity contribution in [3.05, 3.63) is 30.3 Å². The van der Waals surface area contributed by atoms with E-state index in [2.05, 4.69) is 10.6 Å². The quantitative estimate of drug-likeness (QED) is 0.848. The van der Waals surface area contributed by atoms with Crippen molar-refractivity contribution in [2.45, 2.75) is 31.4 Å². The summed E-state index contributed by atoms with van der Waals surface area (Å²) in [6.45, 7) is 1.17. The van der Waals surface area contributed by atoms with Crippen molar-refractivity contribution < 1.29 is 9.53 Å². The Hall–Kier alpha value is -1.39. The van der Waals surface area contributed by atoms with Gasteiger partial charge in [0.15, 0.2) is 0 Å². The number of rotatable bonds is 5. The Kier molecular flexibility index (Phi) is 3.80. The van der Waals surface area contributed by atoms with Crippen LogP contribution in [-0.4, -0.2) is 31.2 Å². The summed E-state index contributed by atoms with van der Waals surface area (Å²) in [4.78, 5) is 11.8. The number of amides is 1. The van der Waals surface area contributed by atoms with Crippen LogP contribution in [0.4, 0.5) is 5.69 Å². The van der Waals surface area contributed by atoms with Crippen LogP contribution in [0.5, 0.6) is 0 Å². The molecule has 2 atom stereocenters. The highest BCUT2D eigenvalue weighted by molar-refractivity contribution is 5.92. The molecule has 3 rings (SSSR count). The van der Waals surface area contributed by atoms with Crippen LogP contribution in [0.3, 0.4) is 0 Å². The number of carbonyl (C=O) groups is 1. The highest BCUT2D eigenvalue weighted by Crippen LogP contribution is 2.38. The zero-order valence-corrected chi connectivity index (χ0v) is 11.0. The second-order valence-corrected chi connectivity index (χ2v) is 5.36. The normalized spacial score (nSPS) is 26.3. The minimum Gasteiger partial charge on any atom is -0.376 e. The molecule has 1 aromatic carbocycles. The monoisotopic (exact) mass is 260 g/mol. The fourth-order valence-electron chi connectivity index (χ4n) is 2.67. The van der Waals surface area contributed by atoms with Crippen LogP contribution in [0, 0.1) is 5.92 Å². The largest absolute Gasteiger partial charge is 0.376 e. The van der Waals surface area contributed by atoms with Crippen LogP contribution in [-0.2, 0) is 9.53 Å². The third-order valence-electron chi connectivity index (χ3n) is 3.80. The highest BCUT2D eigenvalue weighted by atomic mass is 16.5. The smallest absolute Gasteiger partial charge is 0.238 e. The van der Waals surface area contributed by atoms with Gasteiger partial charge in [-0.3, -0.25) is 4.79 Å². The molecule has 2 unspecified atom stereocenters. The molecule has 102 valence electrons. The summed E-state index contributed by atoms with van der Waals surface area (Å²) in [5, 5.41) is 6.22. The Labute approximate surface area is 113 Å². The van der Waals surface area contributed by atoms with Gasteiger partial charge in [-0.15, -0.1) is 0 Å². The van der Waals surface area contributed by atoms with Crippen LogP contribution >= 0.6 is 0 Å². The van der Waals surface area contributed by atoms with Gasteiger partial charge in [0.2, 0.25) is 5.91 Å². The van der Waals surface area contributed by atoms with Crippen LogP contribution in [0.25, 0.3) is 0 Å². The summed E-state index contributed by atoms with van der Waals surface area (Å²) in [7, 11) is 0. The minimum atomic E-state index is 0.00708. The van der Waals surface area contributed by atoms with Gasteiger partial charge in [0.25, 0.3) is 0 Å². The van der Waals surface area contributed by atoms with Crippen LogP contribution in [0.15, 0.2) is 30.3 Å². The molecule has 2 N–H and O–H groups in total. The molecular weight excluding hydrogens is 240 g/mol. The summed E-state index contributed by atoms with van der Waals surface area (Å²) >= 11 is 0. The lowest BCUT2D eigenvalue weighted by Gasteiger charge is -2.19. The molecule has 2 fully saturated rings. The van der Waals surface area contributed by atoms with E-state index in [9.17, 15) is 4.79 Å². The minimum absolute atomic E-state index is 0.00708. The number of ether oxygens (including phenoxy) is 1. The van der Waals surface area contributed by atoms with Gasteiger partial charge in [-0.2, -0.15) is 0 Å². The van der Waals surface area contributed by atoms with Crippen LogP contribution in [0.2, 0.25) is 0 Å². The second-order valence-electron chi connectivity index (χ2n) is 5.36.